The molecule has 128 valence electrons. The lowest BCUT2D eigenvalue weighted by Crippen LogP contribution is -2.54. The predicted octanol–water partition coefficient (Wildman–Crippen LogP) is -1.04. The van der Waals surface area contributed by atoms with Crippen LogP contribution in [0.15, 0.2) is 29.2 Å². The Morgan fingerprint density at radius 3 is 2.26 bits per heavy atom. The maximum atomic E-state index is 12.1. The Labute approximate surface area is 136 Å². The zero-order chi connectivity index (χ0) is 17.0. The minimum Gasteiger partial charge on any atom is -0.383 e. The van der Waals surface area contributed by atoms with Crippen molar-refractivity contribution in [2.24, 2.45) is 10.9 Å². The van der Waals surface area contributed by atoms with Gasteiger partial charge in [-0.15, -0.1) is 0 Å². The number of piperazine rings is 1. The fourth-order valence-electron chi connectivity index (χ4n) is 2.52. The highest BCUT2D eigenvalue weighted by molar-refractivity contribution is 7.89. The fourth-order valence-corrected chi connectivity index (χ4v) is 3.03. The molecule has 0 bridgehead atoms. The standard InChI is InChI=1S/C14H22N4O4S/c1-22-10-13(15)14(19)18-8-6-17(7-9-18)11-2-4-12(5-3-11)23(16,20)21/h2-5,13H,6-10,15H2,1H3,(H2,16,20,21). The molecule has 1 aliphatic rings. The van der Waals surface area contributed by atoms with E-state index in [2.05, 4.69) is 4.90 Å². The third-order valence-electron chi connectivity index (χ3n) is 3.79. The monoisotopic (exact) mass is 342 g/mol. The third-order valence-corrected chi connectivity index (χ3v) is 4.71. The molecule has 1 unspecified atom stereocenters. The van der Waals surface area contributed by atoms with Crippen LogP contribution >= 0.6 is 0 Å². The Kier molecular flexibility index (Phi) is 5.58. The number of primary sulfonamides is 1. The summed E-state index contributed by atoms with van der Waals surface area (Å²) in [6.45, 7) is 2.63. The summed E-state index contributed by atoms with van der Waals surface area (Å²) in [5.41, 5.74) is 6.66. The van der Waals surface area contributed by atoms with Crippen LogP contribution in [0.5, 0.6) is 0 Å². The number of hydrogen-bond donors (Lipinski definition) is 2. The van der Waals surface area contributed by atoms with Crippen LogP contribution < -0.4 is 15.8 Å². The third kappa shape index (κ3) is 4.41. The summed E-state index contributed by atoms with van der Waals surface area (Å²) < 4.78 is 27.4. The summed E-state index contributed by atoms with van der Waals surface area (Å²) >= 11 is 0. The van der Waals surface area contributed by atoms with Gasteiger partial charge in [0, 0.05) is 39.0 Å². The van der Waals surface area contributed by atoms with Gasteiger partial charge in [0.2, 0.25) is 15.9 Å². The molecule has 23 heavy (non-hydrogen) atoms. The van der Waals surface area contributed by atoms with Crippen LogP contribution in [0.2, 0.25) is 0 Å². The van der Waals surface area contributed by atoms with Crippen LogP contribution in [-0.2, 0) is 19.6 Å². The molecular formula is C14H22N4O4S. The number of hydrogen-bond acceptors (Lipinski definition) is 6. The van der Waals surface area contributed by atoms with Crippen LogP contribution in [0.25, 0.3) is 0 Å². The maximum absolute atomic E-state index is 12.1. The molecule has 1 saturated heterocycles. The summed E-state index contributed by atoms with van der Waals surface area (Å²) in [5.74, 6) is -0.115. The molecule has 1 fully saturated rings. The summed E-state index contributed by atoms with van der Waals surface area (Å²) in [6, 6.07) is 5.76. The van der Waals surface area contributed by atoms with E-state index in [0.717, 1.165) is 5.69 Å². The average Bonchev–Trinajstić information content (AvgIpc) is 2.54. The van der Waals surface area contributed by atoms with Gasteiger partial charge in [0.25, 0.3) is 0 Å². The highest BCUT2D eigenvalue weighted by Gasteiger charge is 2.25. The Bertz CT molecular complexity index is 639. The second-order valence-corrected chi connectivity index (χ2v) is 6.97. The van der Waals surface area contributed by atoms with E-state index in [1.54, 1.807) is 17.0 Å². The normalized spacial score (nSPS) is 17.2. The molecule has 8 nitrogen and oxygen atoms in total. The lowest BCUT2D eigenvalue weighted by atomic mass is 10.2. The molecule has 1 atom stereocenters. The molecule has 0 radical (unpaired) electrons. The van der Waals surface area contributed by atoms with E-state index in [0.29, 0.717) is 26.2 Å². The van der Waals surface area contributed by atoms with E-state index in [-0.39, 0.29) is 17.4 Å². The van der Waals surface area contributed by atoms with Crippen LogP contribution in [0.3, 0.4) is 0 Å². The molecule has 1 amide bonds. The zero-order valence-corrected chi connectivity index (χ0v) is 13.8. The number of nitrogens with zero attached hydrogens (tertiary/aromatic N) is 2. The zero-order valence-electron chi connectivity index (χ0n) is 13.0. The van der Waals surface area contributed by atoms with Gasteiger partial charge in [-0.3, -0.25) is 4.79 Å². The van der Waals surface area contributed by atoms with E-state index in [9.17, 15) is 13.2 Å². The van der Waals surface area contributed by atoms with Crippen molar-refractivity contribution in [3.8, 4) is 0 Å². The molecule has 2 rings (SSSR count). The molecule has 9 heteroatoms. The largest absolute Gasteiger partial charge is 0.383 e. The molecule has 0 saturated carbocycles. The second-order valence-electron chi connectivity index (χ2n) is 5.41. The van der Waals surface area contributed by atoms with E-state index in [1.165, 1.54) is 19.2 Å². The minimum atomic E-state index is -3.68. The van der Waals surface area contributed by atoms with Gasteiger partial charge in [-0.2, -0.15) is 0 Å². The Balaban J connectivity index is 1.95. The van der Waals surface area contributed by atoms with Crippen LogP contribution in [0.4, 0.5) is 5.69 Å². The first-order valence-corrected chi connectivity index (χ1v) is 8.78. The second kappa shape index (κ2) is 7.26. The van der Waals surface area contributed by atoms with E-state index in [1.807, 2.05) is 0 Å². The number of amides is 1. The maximum Gasteiger partial charge on any atom is 0.241 e. The first-order valence-electron chi connectivity index (χ1n) is 7.24. The number of carbonyl (C=O) groups excluding carboxylic acids is 1. The predicted molar refractivity (Wildman–Crippen MR) is 86.5 cm³/mol. The van der Waals surface area contributed by atoms with Gasteiger partial charge in [0.15, 0.2) is 0 Å². The summed E-state index contributed by atoms with van der Waals surface area (Å²) in [7, 11) is -2.17. The Morgan fingerprint density at radius 1 is 1.22 bits per heavy atom. The minimum absolute atomic E-state index is 0.0839. The number of nitrogens with two attached hydrogens (primary N) is 2. The first kappa shape index (κ1) is 17.7. The van der Waals surface area contributed by atoms with Gasteiger partial charge in [-0.05, 0) is 24.3 Å². The lowest BCUT2D eigenvalue weighted by molar-refractivity contribution is -0.134. The van der Waals surface area contributed by atoms with Gasteiger partial charge < -0.3 is 20.3 Å². The smallest absolute Gasteiger partial charge is 0.241 e. The van der Waals surface area contributed by atoms with E-state index in [4.69, 9.17) is 15.6 Å². The van der Waals surface area contributed by atoms with Gasteiger partial charge in [0.05, 0.1) is 11.5 Å². The summed E-state index contributed by atoms with van der Waals surface area (Å²) in [6.07, 6.45) is 0. The lowest BCUT2D eigenvalue weighted by Gasteiger charge is -2.37. The molecule has 4 N–H and O–H groups in total. The van der Waals surface area contributed by atoms with E-state index >= 15 is 0 Å². The molecule has 1 aliphatic heterocycles. The van der Waals surface area contributed by atoms with Crippen LogP contribution in [0.1, 0.15) is 0 Å². The number of carbonyl (C=O) groups is 1. The molecule has 0 spiro atoms. The SMILES string of the molecule is COCC(N)C(=O)N1CCN(c2ccc(S(N)(=O)=O)cc2)CC1. The molecule has 1 aromatic rings. The van der Waals surface area contributed by atoms with Gasteiger partial charge in [0.1, 0.15) is 6.04 Å². The van der Waals surface area contributed by atoms with Crippen molar-refractivity contribution in [2.45, 2.75) is 10.9 Å². The molecular weight excluding hydrogens is 320 g/mol. The Morgan fingerprint density at radius 2 is 1.78 bits per heavy atom. The van der Waals surface area contributed by atoms with Crippen LogP contribution in [-0.4, -0.2) is 65.2 Å². The highest BCUT2D eigenvalue weighted by atomic mass is 32.2. The topological polar surface area (TPSA) is 119 Å². The van der Waals surface area contributed by atoms with Crippen molar-refractivity contribution < 1.29 is 17.9 Å². The molecule has 0 aromatic heterocycles. The number of benzene rings is 1. The number of methoxy groups -OCH3 is 1. The summed E-state index contributed by atoms with van der Waals surface area (Å²) in [4.78, 5) is 16.0. The molecule has 1 aromatic carbocycles. The quantitative estimate of drug-likeness (QED) is 0.705. The van der Waals surface area contributed by atoms with Crippen molar-refractivity contribution >= 4 is 21.6 Å². The molecule has 1 heterocycles. The van der Waals surface area contributed by atoms with Gasteiger partial charge in [-0.25, -0.2) is 13.6 Å². The van der Waals surface area contributed by atoms with Gasteiger partial charge >= 0.3 is 0 Å². The number of ether oxygens (including phenoxy) is 1. The first-order chi connectivity index (χ1) is 10.8. The number of anilines is 1. The molecule has 0 aliphatic carbocycles. The highest BCUT2D eigenvalue weighted by Crippen LogP contribution is 2.19. The van der Waals surface area contributed by atoms with Crippen LogP contribution in [0, 0.1) is 0 Å². The van der Waals surface area contributed by atoms with Crippen molar-refractivity contribution in [3.63, 3.8) is 0 Å². The van der Waals surface area contributed by atoms with Crippen molar-refractivity contribution in [1.82, 2.24) is 4.90 Å². The fraction of sp³-hybridized carbons (Fsp3) is 0.500. The van der Waals surface area contributed by atoms with Gasteiger partial charge in [-0.1, -0.05) is 0 Å². The number of sulfonamides is 1. The van der Waals surface area contributed by atoms with Crippen molar-refractivity contribution in [1.29, 1.82) is 0 Å². The number of rotatable bonds is 5. The Hall–Kier alpha value is -1.68. The van der Waals surface area contributed by atoms with E-state index < -0.39 is 16.1 Å². The van der Waals surface area contributed by atoms with Crippen molar-refractivity contribution in [2.75, 3.05) is 44.8 Å². The summed E-state index contributed by atoms with van der Waals surface area (Å²) in [5, 5.41) is 5.08. The van der Waals surface area contributed by atoms with Crippen molar-refractivity contribution in [3.05, 3.63) is 24.3 Å². The average molecular weight is 342 g/mol.